The van der Waals surface area contributed by atoms with Crippen LogP contribution in [0.3, 0.4) is 0 Å². The summed E-state index contributed by atoms with van der Waals surface area (Å²) in [6, 6.07) is 0. The van der Waals surface area contributed by atoms with Gasteiger partial charge in [0.25, 0.3) is 0 Å². The summed E-state index contributed by atoms with van der Waals surface area (Å²) in [5.41, 5.74) is 0. The van der Waals surface area contributed by atoms with Crippen LogP contribution in [0, 0.1) is 5.92 Å². The van der Waals surface area contributed by atoms with Gasteiger partial charge in [-0.3, -0.25) is 0 Å². The average Bonchev–Trinajstić information content (AvgIpc) is 2.39. The molecule has 0 saturated carbocycles. The number of hydrogen-bond acceptors (Lipinski definition) is 2. The Morgan fingerprint density at radius 1 is 1.38 bits per heavy atom. The molecule has 1 N–H and O–H groups in total. The second-order valence-corrected chi connectivity index (χ2v) is 4.20. The Balaban J connectivity index is 2.26. The summed E-state index contributed by atoms with van der Waals surface area (Å²) in [5, 5.41) is 9.13. The number of aliphatic hydroxyl groups excluding tert-OH is 1. The van der Waals surface area contributed by atoms with Gasteiger partial charge in [-0.1, -0.05) is 19.8 Å². The Bertz CT molecular complexity index is 127. The summed E-state index contributed by atoms with van der Waals surface area (Å²) in [7, 11) is 0. The second kappa shape index (κ2) is 6.39. The van der Waals surface area contributed by atoms with Crippen molar-refractivity contribution in [2.45, 2.75) is 39.0 Å². The zero-order chi connectivity index (χ0) is 9.52. The van der Waals surface area contributed by atoms with Crippen LogP contribution in [0.2, 0.25) is 0 Å². The number of hydrogen-bond donors (Lipinski definition) is 1. The second-order valence-electron chi connectivity index (χ2n) is 4.20. The van der Waals surface area contributed by atoms with Crippen LogP contribution in [-0.2, 0) is 0 Å². The van der Waals surface area contributed by atoms with E-state index in [4.69, 9.17) is 5.11 Å². The molecule has 0 aromatic heterocycles. The van der Waals surface area contributed by atoms with Crippen molar-refractivity contribution in [3.8, 4) is 0 Å². The maximum atomic E-state index is 9.13. The van der Waals surface area contributed by atoms with Crippen LogP contribution in [0.4, 0.5) is 0 Å². The highest BCUT2D eigenvalue weighted by atomic mass is 16.3. The van der Waals surface area contributed by atoms with E-state index in [1.165, 1.54) is 45.2 Å². The first-order chi connectivity index (χ1) is 6.36. The zero-order valence-corrected chi connectivity index (χ0v) is 8.84. The van der Waals surface area contributed by atoms with E-state index in [-0.39, 0.29) is 0 Å². The molecule has 0 aromatic carbocycles. The van der Waals surface area contributed by atoms with E-state index < -0.39 is 0 Å². The third-order valence-corrected chi connectivity index (χ3v) is 2.94. The van der Waals surface area contributed by atoms with Crippen LogP contribution in [0.1, 0.15) is 39.0 Å². The molecule has 1 rings (SSSR count). The van der Waals surface area contributed by atoms with Crippen molar-refractivity contribution in [3.05, 3.63) is 0 Å². The number of rotatable bonds is 4. The lowest BCUT2D eigenvalue weighted by molar-refractivity contribution is 0.172. The average molecular weight is 185 g/mol. The molecule has 0 amide bonds. The van der Waals surface area contributed by atoms with Crippen molar-refractivity contribution in [1.82, 2.24) is 4.90 Å². The monoisotopic (exact) mass is 185 g/mol. The van der Waals surface area contributed by atoms with Gasteiger partial charge in [-0.2, -0.15) is 0 Å². The molecule has 78 valence electrons. The van der Waals surface area contributed by atoms with E-state index in [2.05, 4.69) is 11.8 Å². The summed E-state index contributed by atoms with van der Waals surface area (Å²) in [6.07, 6.45) is 6.42. The smallest absolute Gasteiger partial charge is 0.0471 e. The van der Waals surface area contributed by atoms with Crippen LogP contribution in [0.15, 0.2) is 0 Å². The molecular formula is C11H23NO. The Labute approximate surface area is 81.9 Å². The lowest BCUT2D eigenvalue weighted by atomic mass is 10.1. The first-order valence-corrected chi connectivity index (χ1v) is 5.70. The van der Waals surface area contributed by atoms with Gasteiger partial charge in [0.2, 0.25) is 0 Å². The van der Waals surface area contributed by atoms with Gasteiger partial charge in [0.1, 0.15) is 0 Å². The molecule has 2 nitrogen and oxygen atoms in total. The summed E-state index contributed by atoms with van der Waals surface area (Å²) < 4.78 is 0. The van der Waals surface area contributed by atoms with Gasteiger partial charge < -0.3 is 10.0 Å². The molecular weight excluding hydrogens is 162 g/mol. The highest BCUT2D eigenvalue weighted by Crippen LogP contribution is 2.16. The topological polar surface area (TPSA) is 23.5 Å². The van der Waals surface area contributed by atoms with Crippen LogP contribution in [0.5, 0.6) is 0 Å². The molecule has 1 fully saturated rings. The number of unbranched alkanes of at least 4 members (excludes halogenated alkanes) is 1. The predicted octanol–water partition coefficient (Wildman–Crippen LogP) is 1.88. The Morgan fingerprint density at radius 2 is 2.23 bits per heavy atom. The molecule has 1 saturated heterocycles. The zero-order valence-electron chi connectivity index (χ0n) is 8.84. The fraction of sp³-hybridized carbons (Fsp3) is 1.00. The molecule has 1 aliphatic rings. The molecule has 0 bridgehead atoms. The maximum Gasteiger partial charge on any atom is 0.0471 e. The minimum atomic E-state index is 0.378. The van der Waals surface area contributed by atoms with Crippen molar-refractivity contribution in [2.24, 2.45) is 5.92 Å². The highest BCUT2D eigenvalue weighted by molar-refractivity contribution is 4.70. The molecule has 13 heavy (non-hydrogen) atoms. The molecule has 2 heteroatoms. The molecule has 0 spiro atoms. The van der Waals surface area contributed by atoms with Crippen molar-refractivity contribution < 1.29 is 5.11 Å². The first kappa shape index (κ1) is 11.0. The highest BCUT2D eigenvalue weighted by Gasteiger charge is 2.16. The van der Waals surface area contributed by atoms with Gasteiger partial charge in [0, 0.05) is 13.2 Å². The molecule has 1 unspecified atom stereocenters. The van der Waals surface area contributed by atoms with Gasteiger partial charge in [-0.05, 0) is 38.3 Å². The van der Waals surface area contributed by atoms with Crippen molar-refractivity contribution >= 4 is 0 Å². The van der Waals surface area contributed by atoms with Crippen LogP contribution in [0.25, 0.3) is 0 Å². The number of aliphatic hydroxyl groups is 1. The summed E-state index contributed by atoms with van der Waals surface area (Å²) >= 11 is 0. The van der Waals surface area contributed by atoms with E-state index >= 15 is 0 Å². The normalized spacial score (nSPS) is 25.8. The number of likely N-dealkylation sites (tertiary alicyclic amines) is 1. The summed E-state index contributed by atoms with van der Waals surface area (Å²) in [5.74, 6) is 0.541. The first-order valence-electron chi connectivity index (χ1n) is 5.70. The predicted molar refractivity (Wildman–Crippen MR) is 55.8 cm³/mol. The van der Waals surface area contributed by atoms with E-state index in [1.807, 2.05) is 0 Å². The minimum absolute atomic E-state index is 0.378. The molecule has 0 aromatic rings. The lowest BCUT2D eigenvalue weighted by Gasteiger charge is -2.22. The Morgan fingerprint density at radius 3 is 2.92 bits per heavy atom. The van der Waals surface area contributed by atoms with E-state index in [0.717, 1.165) is 6.54 Å². The summed E-state index contributed by atoms with van der Waals surface area (Å²) in [4.78, 5) is 2.53. The van der Waals surface area contributed by atoms with Crippen molar-refractivity contribution in [3.63, 3.8) is 0 Å². The number of nitrogens with zero attached hydrogens (tertiary/aromatic N) is 1. The van der Waals surface area contributed by atoms with E-state index in [0.29, 0.717) is 12.5 Å². The van der Waals surface area contributed by atoms with Crippen LogP contribution >= 0.6 is 0 Å². The molecule has 0 aliphatic carbocycles. The Kier molecular flexibility index (Phi) is 5.40. The van der Waals surface area contributed by atoms with Crippen molar-refractivity contribution in [2.75, 3.05) is 26.2 Å². The minimum Gasteiger partial charge on any atom is -0.396 e. The van der Waals surface area contributed by atoms with Gasteiger partial charge >= 0.3 is 0 Å². The SMILES string of the molecule is CCCCN1CCCCC(CO)C1. The third kappa shape index (κ3) is 4.10. The van der Waals surface area contributed by atoms with E-state index in [9.17, 15) is 0 Å². The quantitative estimate of drug-likeness (QED) is 0.723. The fourth-order valence-electron chi connectivity index (χ4n) is 2.05. The maximum absolute atomic E-state index is 9.13. The molecule has 1 atom stereocenters. The third-order valence-electron chi connectivity index (χ3n) is 2.94. The van der Waals surface area contributed by atoms with E-state index in [1.54, 1.807) is 0 Å². The largest absolute Gasteiger partial charge is 0.396 e. The van der Waals surface area contributed by atoms with Crippen molar-refractivity contribution in [1.29, 1.82) is 0 Å². The molecule has 1 aliphatic heterocycles. The van der Waals surface area contributed by atoms with Crippen LogP contribution < -0.4 is 0 Å². The summed E-state index contributed by atoms with van der Waals surface area (Å²) in [6.45, 7) is 6.21. The lowest BCUT2D eigenvalue weighted by Crippen LogP contribution is -2.30. The van der Waals surface area contributed by atoms with Gasteiger partial charge in [0.15, 0.2) is 0 Å². The standard InChI is InChI=1S/C11H23NO/c1-2-3-7-12-8-5-4-6-11(9-12)10-13/h11,13H,2-10H2,1H3. The van der Waals surface area contributed by atoms with Crippen LogP contribution in [-0.4, -0.2) is 36.2 Å². The van der Waals surface area contributed by atoms with Gasteiger partial charge in [-0.15, -0.1) is 0 Å². The van der Waals surface area contributed by atoms with Gasteiger partial charge in [-0.25, -0.2) is 0 Å². The fourth-order valence-corrected chi connectivity index (χ4v) is 2.05. The molecule has 1 heterocycles. The van der Waals surface area contributed by atoms with Gasteiger partial charge in [0.05, 0.1) is 0 Å². The Hall–Kier alpha value is -0.0800. The molecule has 0 radical (unpaired) electrons.